The highest BCUT2D eigenvalue weighted by atomic mass is 16.6. The molecule has 0 unspecified atom stereocenters. The van der Waals surface area contributed by atoms with E-state index < -0.39 is 35.3 Å². The van der Waals surface area contributed by atoms with E-state index in [1.165, 1.54) is 6.92 Å². The molecule has 2 fully saturated rings. The molecule has 3 aromatic rings. The molecule has 2 amide bonds. The quantitative estimate of drug-likeness (QED) is 0.298. The van der Waals surface area contributed by atoms with Crippen LogP contribution in [0, 0.1) is 24.2 Å². The fraction of sp³-hybridized carbons (Fsp3) is 0.641. The number of aromatic nitrogens is 3. The third kappa shape index (κ3) is 7.99. The lowest BCUT2D eigenvalue weighted by molar-refractivity contribution is -0.141. The van der Waals surface area contributed by atoms with E-state index in [-0.39, 0.29) is 36.7 Å². The molecule has 12 nitrogen and oxygen atoms in total. The third-order valence-electron chi connectivity index (χ3n) is 11.0. The van der Waals surface area contributed by atoms with Crippen LogP contribution in [0.25, 0.3) is 11.0 Å². The van der Waals surface area contributed by atoms with E-state index in [1.54, 1.807) is 11.1 Å². The van der Waals surface area contributed by atoms with Gasteiger partial charge >= 0.3 is 6.09 Å². The highest BCUT2D eigenvalue weighted by molar-refractivity contribution is 5.92. The predicted octanol–water partition coefficient (Wildman–Crippen LogP) is 6.89. The molecule has 12 heteroatoms. The Morgan fingerprint density at radius 1 is 1.10 bits per heavy atom. The van der Waals surface area contributed by atoms with Crippen LogP contribution in [0.1, 0.15) is 110 Å². The Hall–Kier alpha value is -4.22. The summed E-state index contributed by atoms with van der Waals surface area (Å²) in [4.78, 5) is 57.2. The van der Waals surface area contributed by atoms with Gasteiger partial charge in [-0.1, -0.05) is 40.5 Å². The van der Waals surface area contributed by atoms with E-state index in [9.17, 15) is 14.4 Å². The number of carbonyl (C=O) groups is 3. The lowest BCUT2D eigenvalue weighted by atomic mass is 9.85. The maximum Gasteiger partial charge on any atom is 0.408 e. The summed E-state index contributed by atoms with van der Waals surface area (Å²) in [5.41, 5.74) is 0.821. The molecular weight excluding hydrogens is 650 g/mol. The molecule has 6 atom stereocenters. The van der Waals surface area contributed by atoms with E-state index >= 15 is 0 Å². The van der Waals surface area contributed by atoms with E-state index in [1.807, 2.05) is 59.7 Å². The van der Waals surface area contributed by atoms with Crippen molar-refractivity contribution in [2.24, 2.45) is 17.3 Å². The molecule has 1 aliphatic carbocycles. The van der Waals surface area contributed by atoms with Crippen molar-refractivity contribution >= 4 is 28.8 Å². The molecule has 276 valence electrons. The Labute approximate surface area is 300 Å². The number of amides is 2. The van der Waals surface area contributed by atoms with Gasteiger partial charge < -0.3 is 28.8 Å². The first-order valence-corrected chi connectivity index (χ1v) is 18.6. The van der Waals surface area contributed by atoms with Gasteiger partial charge in [-0.3, -0.25) is 9.59 Å². The van der Waals surface area contributed by atoms with Crippen molar-refractivity contribution in [3.63, 3.8) is 0 Å². The average Bonchev–Trinajstić information content (AvgIpc) is 3.77. The highest BCUT2D eigenvalue weighted by Crippen LogP contribution is 2.42. The first kappa shape index (κ1) is 36.6. The number of hydrogen-bond donors (Lipinski definition) is 1. The van der Waals surface area contributed by atoms with Gasteiger partial charge in [-0.25, -0.2) is 19.7 Å². The number of ketones is 1. The first-order valence-electron chi connectivity index (χ1n) is 18.6. The maximum atomic E-state index is 14.5. The standard InChI is InChI=1S/C39H53N5O7/c1-8-27-31-21-44(33(27)24(3)45)36(46)34(38(4,5)6)43-37(47)51-39(7)18-12-14-25(39)13-10-9-11-15-29-35(50-31)42-30-19-26(16-17-28(30)41-29)48-22-32-40-20-23(2)49-32/h16-17,19-20,25,27,31,33-34H,8-15,18,21-22H2,1-7H3,(H,43,47)/t25-,27-,31+,33-,34-,39-/m1/s1. The van der Waals surface area contributed by atoms with E-state index in [4.69, 9.17) is 28.6 Å². The van der Waals surface area contributed by atoms with Gasteiger partial charge in [-0.2, -0.15) is 0 Å². The minimum atomic E-state index is -0.917. The zero-order valence-corrected chi connectivity index (χ0v) is 31.1. The van der Waals surface area contributed by atoms with Crippen LogP contribution in [-0.2, 0) is 27.4 Å². The van der Waals surface area contributed by atoms with Gasteiger partial charge in [0.1, 0.15) is 35.0 Å². The summed E-state index contributed by atoms with van der Waals surface area (Å²) >= 11 is 0. The number of fused-ring (bicyclic) bond motifs is 5. The van der Waals surface area contributed by atoms with Crippen molar-refractivity contribution in [2.75, 3.05) is 6.54 Å². The number of Topliss-reactive ketones (excluding diaryl/α,β-unsaturated/α-hetero) is 1. The summed E-state index contributed by atoms with van der Waals surface area (Å²) in [6, 6.07) is 3.94. The van der Waals surface area contributed by atoms with Crippen molar-refractivity contribution in [1.82, 2.24) is 25.2 Å². The zero-order chi connectivity index (χ0) is 36.5. The van der Waals surface area contributed by atoms with Crippen LogP contribution in [0.15, 0.2) is 28.8 Å². The minimum Gasteiger partial charge on any atom is -0.484 e. The van der Waals surface area contributed by atoms with E-state index in [0.29, 0.717) is 41.6 Å². The number of nitrogens with one attached hydrogen (secondary N) is 1. The number of alkyl carbamates (subject to hydrolysis) is 1. The molecule has 51 heavy (non-hydrogen) atoms. The molecule has 2 bridgehead atoms. The van der Waals surface area contributed by atoms with Crippen molar-refractivity contribution < 1.29 is 33.0 Å². The Bertz CT molecular complexity index is 1750. The maximum absolute atomic E-state index is 14.5. The van der Waals surface area contributed by atoms with Crippen LogP contribution < -0.4 is 14.8 Å². The number of oxazole rings is 1. The molecule has 2 aromatic heterocycles. The third-order valence-corrected chi connectivity index (χ3v) is 11.0. The second-order valence-corrected chi connectivity index (χ2v) is 15.9. The van der Waals surface area contributed by atoms with Crippen molar-refractivity contribution in [3.8, 4) is 11.6 Å². The second kappa shape index (κ2) is 14.8. The Kier molecular flexibility index (Phi) is 10.6. The normalized spacial score (nSPS) is 27.8. The van der Waals surface area contributed by atoms with Gasteiger partial charge in [-0.05, 0) is 89.2 Å². The number of benzene rings is 1. The van der Waals surface area contributed by atoms with Crippen LogP contribution in [0.4, 0.5) is 4.79 Å². The number of carbonyl (C=O) groups excluding carboxylic acids is 3. The lowest BCUT2D eigenvalue weighted by Gasteiger charge is -2.37. The molecule has 3 aliphatic rings. The summed E-state index contributed by atoms with van der Waals surface area (Å²) in [7, 11) is 0. The SMILES string of the molecule is CC[C@@H]1[C@@H]2CN(C(=O)[C@H](C(C)(C)C)NC(=O)O[C@]3(C)CCC[C@H]3CCCCCc3nc4ccc(OCc5ncc(C)o5)cc4nc3O2)[C@@H]1C(C)=O. The molecule has 2 aliphatic heterocycles. The van der Waals surface area contributed by atoms with Crippen LogP contribution in [0.2, 0.25) is 0 Å². The fourth-order valence-corrected chi connectivity index (χ4v) is 8.22. The van der Waals surface area contributed by atoms with Crippen LogP contribution >= 0.6 is 0 Å². The first-order chi connectivity index (χ1) is 24.3. The summed E-state index contributed by atoms with van der Waals surface area (Å²) < 4.78 is 24.4. The molecular formula is C39H53N5O7. The second-order valence-electron chi connectivity index (χ2n) is 15.9. The molecule has 1 saturated heterocycles. The molecule has 0 spiro atoms. The van der Waals surface area contributed by atoms with Gasteiger partial charge in [0.25, 0.3) is 0 Å². The number of ether oxygens (including phenoxy) is 3. The smallest absolute Gasteiger partial charge is 0.408 e. The van der Waals surface area contributed by atoms with Crippen molar-refractivity contribution in [1.29, 1.82) is 0 Å². The van der Waals surface area contributed by atoms with E-state index in [2.05, 4.69) is 10.3 Å². The van der Waals surface area contributed by atoms with Crippen LogP contribution in [0.5, 0.6) is 11.6 Å². The van der Waals surface area contributed by atoms with Gasteiger partial charge in [0.05, 0.1) is 29.8 Å². The summed E-state index contributed by atoms with van der Waals surface area (Å²) in [6.07, 6.45) is 8.38. The van der Waals surface area contributed by atoms with Crippen molar-refractivity contribution in [3.05, 3.63) is 41.7 Å². The summed E-state index contributed by atoms with van der Waals surface area (Å²) in [5.74, 6) is 1.68. The van der Waals surface area contributed by atoms with Gasteiger partial charge in [-0.15, -0.1) is 0 Å². The van der Waals surface area contributed by atoms with Gasteiger partial charge in [0.2, 0.25) is 17.7 Å². The number of nitrogens with zero attached hydrogens (tertiary/aromatic N) is 4. The number of rotatable bonds is 5. The highest BCUT2D eigenvalue weighted by Gasteiger charge is 2.51. The van der Waals surface area contributed by atoms with Gasteiger partial charge in [0, 0.05) is 12.0 Å². The van der Waals surface area contributed by atoms with Crippen LogP contribution in [-0.4, -0.2) is 68.0 Å². The van der Waals surface area contributed by atoms with E-state index in [0.717, 1.165) is 56.2 Å². The number of aryl methyl sites for hydroxylation is 2. The number of hydrogen-bond acceptors (Lipinski definition) is 10. The molecule has 0 radical (unpaired) electrons. The summed E-state index contributed by atoms with van der Waals surface area (Å²) in [6.45, 7) is 13.5. The molecule has 1 aromatic carbocycles. The minimum absolute atomic E-state index is 0.128. The largest absolute Gasteiger partial charge is 0.484 e. The summed E-state index contributed by atoms with van der Waals surface area (Å²) in [5, 5.41) is 2.94. The molecule has 1 saturated carbocycles. The predicted molar refractivity (Wildman–Crippen MR) is 190 cm³/mol. The Morgan fingerprint density at radius 2 is 1.88 bits per heavy atom. The Morgan fingerprint density at radius 3 is 2.59 bits per heavy atom. The monoisotopic (exact) mass is 703 g/mol. The fourth-order valence-electron chi connectivity index (χ4n) is 8.22. The van der Waals surface area contributed by atoms with Crippen molar-refractivity contribution in [2.45, 2.75) is 137 Å². The average molecular weight is 704 g/mol. The molecule has 1 N–H and O–H groups in total. The van der Waals surface area contributed by atoms with Crippen LogP contribution in [0.3, 0.4) is 0 Å². The lowest BCUT2D eigenvalue weighted by Crippen LogP contribution is -2.58. The Balaban J connectivity index is 1.36. The van der Waals surface area contributed by atoms with Gasteiger partial charge in [0.15, 0.2) is 12.4 Å². The zero-order valence-electron chi connectivity index (χ0n) is 31.1. The topological polar surface area (TPSA) is 146 Å². The molecule has 6 rings (SSSR count). The molecule has 4 heterocycles.